The summed E-state index contributed by atoms with van der Waals surface area (Å²) >= 11 is 0. The minimum atomic E-state index is -3.73. The Morgan fingerprint density at radius 3 is 2.42 bits per heavy atom. The molecule has 2 aromatic carbocycles. The maximum Gasteiger partial charge on any atom is 0.337 e. The lowest BCUT2D eigenvalue weighted by atomic mass is 10.1. The number of carbonyl (C=O) groups excluding carboxylic acids is 1. The van der Waals surface area contributed by atoms with E-state index in [0.29, 0.717) is 30.6 Å². The number of ether oxygens (including phenoxy) is 1. The Bertz CT molecular complexity index is 851. The molecule has 0 bridgehead atoms. The van der Waals surface area contributed by atoms with Gasteiger partial charge in [0, 0.05) is 13.1 Å². The number of rotatable bonds is 8. The molecule has 0 spiro atoms. The summed E-state index contributed by atoms with van der Waals surface area (Å²) in [4.78, 5) is 11.8. The van der Waals surface area contributed by atoms with E-state index in [9.17, 15) is 13.2 Å². The molecule has 140 valence electrons. The molecular weight excluding hydrogens is 352 g/mol. The minimum Gasteiger partial charge on any atom is -0.465 e. The molecule has 0 unspecified atom stereocenters. The van der Waals surface area contributed by atoms with Crippen molar-refractivity contribution in [3.05, 3.63) is 65.2 Å². The minimum absolute atomic E-state index is 0.179. The smallest absolute Gasteiger partial charge is 0.337 e. The van der Waals surface area contributed by atoms with Crippen LogP contribution >= 0.6 is 0 Å². The van der Waals surface area contributed by atoms with Crippen LogP contribution in [0, 0.1) is 6.92 Å². The fourth-order valence-electron chi connectivity index (χ4n) is 2.66. The zero-order valence-electron chi connectivity index (χ0n) is 15.0. The Kier molecular flexibility index (Phi) is 6.90. The summed E-state index contributed by atoms with van der Waals surface area (Å²) in [5.74, 6) is -0.499. The Hall–Kier alpha value is -2.22. The first kappa shape index (κ1) is 20.1. The van der Waals surface area contributed by atoms with Gasteiger partial charge in [-0.15, -0.1) is 0 Å². The summed E-state index contributed by atoms with van der Waals surface area (Å²) in [7, 11) is -2.44. The van der Waals surface area contributed by atoms with E-state index >= 15 is 0 Å². The van der Waals surface area contributed by atoms with Crippen molar-refractivity contribution in [1.82, 2.24) is 4.31 Å². The predicted molar refractivity (Wildman–Crippen MR) is 100 cm³/mol. The second-order valence-corrected chi connectivity index (χ2v) is 7.84. The van der Waals surface area contributed by atoms with Gasteiger partial charge in [-0.05, 0) is 49.2 Å². The fraction of sp³-hybridized carbons (Fsp3) is 0.316. The maximum atomic E-state index is 13.2. The summed E-state index contributed by atoms with van der Waals surface area (Å²) in [5.41, 5.74) is 7.30. The number of carbonyl (C=O) groups is 1. The summed E-state index contributed by atoms with van der Waals surface area (Å²) in [6.45, 7) is 2.66. The summed E-state index contributed by atoms with van der Waals surface area (Å²) in [6, 6.07) is 13.9. The molecule has 0 saturated heterocycles. The third-order valence-corrected chi connectivity index (χ3v) is 6.03. The van der Waals surface area contributed by atoms with Gasteiger partial charge in [0.15, 0.2) is 0 Å². The molecule has 0 fully saturated rings. The van der Waals surface area contributed by atoms with E-state index in [2.05, 4.69) is 4.74 Å². The molecule has 7 heteroatoms. The van der Waals surface area contributed by atoms with E-state index in [1.54, 1.807) is 6.92 Å². The van der Waals surface area contributed by atoms with E-state index in [4.69, 9.17) is 5.73 Å². The number of hydrogen-bond donors (Lipinski definition) is 1. The molecule has 2 N–H and O–H groups in total. The second-order valence-electron chi connectivity index (χ2n) is 5.94. The molecule has 0 amide bonds. The second kappa shape index (κ2) is 8.93. The molecule has 0 aliphatic heterocycles. The van der Waals surface area contributed by atoms with Crippen LogP contribution in [0.25, 0.3) is 0 Å². The van der Waals surface area contributed by atoms with Crippen LogP contribution in [0.15, 0.2) is 53.4 Å². The molecule has 0 aromatic heterocycles. The van der Waals surface area contributed by atoms with Gasteiger partial charge in [0.25, 0.3) is 0 Å². The number of nitrogens with two attached hydrogens (primary N) is 1. The van der Waals surface area contributed by atoms with Crippen LogP contribution in [0.1, 0.15) is 27.9 Å². The van der Waals surface area contributed by atoms with Crippen molar-refractivity contribution in [3.8, 4) is 0 Å². The van der Waals surface area contributed by atoms with E-state index < -0.39 is 16.0 Å². The van der Waals surface area contributed by atoms with Gasteiger partial charge in [0.1, 0.15) is 0 Å². The van der Waals surface area contributed by atoms with Crippen LogP contribution in [-0.2, 0) is 21.3 Å². The van der Waals surface area contributed by atoms with Crippen LogP contribution in [-0.4, -0.2) is 38.9 Å². The standard InChI is InChI=1S/C19H24N2O4S/c1-15-13-17(19(22)25-2)9-10-18(15)26(23,24)21(12-6-11-20)14-16-7-4-3-5-8-16/h3-5,7-10,13H,6,11-12,14,20H2,1-2H3. The lowest BCUT2D eigenvalue weighted by molar-refractivity contribution is 0.0600. The average Bonchev–Trinajstić information content (AvgIpc) is 2.64. The predicted octanol–water partition coefficient (Wildman–Crippen LogP) is 2.32. The van der Waals surface area contributed by atoms with Crippen molar-refractivity contribution >= 4 is 16.0 Å². The molecule has 0 saturated carbocycles. The molecule has 0 radical (unpaired) electrons. The number of nitrogens with zero attached hydrogens (tertiary/aromatic N) is 1. The quantitative estimate of drug-likeness (QED) is 0.714. The number of sulfonamides is 1. The molecule has 0 heterocycles. The number of esters is 1. The molecule has 0 aliphatic carbocycles. The van der Waals surface area contributed by atoms with E-state index in [-0.39, 0.29) is 11.4 Å². The first-order chi connectivity index (χ1) is 12.4. The molecular formula is C19H24N2O4S. The van der Waals surface area contributed by atoms with Crippen molar-refractivity contribution in [3.63, 3.8) is 0 Å². The number of hydrogen-bond acceptors (Lipinski definition) is 5. The van der Waals surface area contributed by atoms with Crippen molar-refractivity contribution in [1.29, 1.82) is 0 Å². The van der Waals surface area contributed by atoms with Gasteiger partial charge in [-0.2, -0.15) is 4.31 Å². The molecule has 6 nitrogen and oxygen atoms in total. The van der Waals surface area contributed by atoms with Crippen LogP contribution in [0.3, 0.4) is 0 Å². The van der Waals surface area contributed by atoms with Crippen LogP contribution < -0.4 is 5.73 Å². The number of aryl methyl sites for hydroxylation is 1. The Morgan fingerprint density at radius 1 is 1.15 bits per heavy atom. The van der Waals surface area contributed by atoms with E-state index in [1.165, 1.54) is 29.6 Å². The van der Waals surface area contributed by atoms with Gasteiger partial charge in [-0.3, -0.25) is 0 Å². The maximum absolute atomic E-state index is 13.2. The molecule has 0 atom stereocenters. The van der Waals surface area contributed by atoms with Crippen molar-refractivity contribution in [2.45, 2.75) is 24.8 Å². The highest BCUT2D eigenvalue weighted by Crippen LogP contribution is 2.23. The highest BCUT2D eigenvalue weighted by Gasteiger charge is 2.26. The highest BCUT2D eigenvalue weighted by molar-refractivity contribution is 7.89. The molecule has 26 heavy (non-hydrogen) atoms. The van der Waals surface area contributed by atoms with Gasteiger partial charge in [-0.25, -0.2) is 13.2 Å². The lowest BCUT2D eigenvalue weighted by Crippen LogP contribution is -2.33. The fourth-order valence-corrected chi connectivity index (χ4v) is 4.33. The Morgan fingerprint density at radius 2 is 1.85 bits per heavy atom. The third kappa shape index (κ3) is 4.69. The van der Waals surface area contributed by atoms with Gasteiger partial charge in [-0.1, -0.05) is 30.3 Å². The van der Waals surface area contributed by atoms with E-state index in [0.717, 1.165) is 5.56 Å². The molecule has 0 aliphatic rings. The number of benzene rings is 2. The van der Waals surface area contributed by atoms with Gasteiger partial charge >= 0.3 is 5.97 Å². The topological polar surface area (TPSA) is 89.7 Å². The van der Waals surface area contributed by atoms with E-state index in [1.807, 2.05) is 30.3 Å². The lowest BCUT2D eigenvalue weighted by Gasteiger charge is -2.23. The van der Waals surface area contributed by atoms with Crippen molar-refractivity contribution < 1.29 is 17.9 Å². The summed E-state index contributed by atoms with van der Waals surface area (Å²) < 4.78 is 32.5. The van der Waals surface area contributed by atoms with Crippen molar-refractivity contribution in [2.24, 2.45) is 5.73 Å². The van der Waals surface area contributed by atoms with Gasteiger partial charge in [0.2, 0.25) is 10.0 Å². The first-order valence-corrected chi connectivity index (χ1v) is 9.77. The zero-order chi connectivity index (χ0) is 19.2. The molecule has 2 aromatic rings. The SMILES string of the molecule is COC(=O)c1ccc(S(=O)(=O)N(CCCN)Cc2ccccc2)c(C)c1. The normalized spacial score (nSPS) is 11.5. The third-order valence-electron chi connectivity index (χ3n) is 4.03. The summed E-state index contributed by atoms with van der Waals surface area (Å²) in [6.07, 6.45) is 0.561. The van der Waals surface area contributed by atoms with Crippen LogP contribution in [0.5, 0.6) is 0 Å². The zero-order valence-corrected chi connectivity index (χ0v) is 15.8. The largest absolute Gasteiger partial charge is 0.465 e. The highest BCUT2D eigenvalue weighted by atomic mass is 32.2. The van der Waals surface area contributed by atoms with Gasteiger partial charge < -0.3 is 10.5 Å². The van der Waals surface area contributed by atoms with Crippen LogP contribution in [0.4, 0.5) is 0 Å². The molecule has 2 rings (SSSR count). The average molecular weight is 376 g/mol. The Balaban J connectivity index is 2.37. The van der Waals surface area contributed by atoms with Crippen LogP contribution in [0.2, 0.25) is 0 Å². The Labute approximate surface area is 154 Å². The van der Waals surface area contributed by atoms with Gasteiger partial charge in [0.05, 0.1) is 17.6 Å². The first-order valence-electron chi connectivity index (χ1n) is 8.33. The monoisotopic (exact) mass is 376 g/mol. The van der Waals surface area contributed by atoms with Crippen molar-refractivity contribution in [2.75, 3.05) is 20.2 Å². The summed E-state index contributed by atoms with van der Waals surface area (Å²) in [5, 5.41) is 0. The number of methoxy groups -OCH3 is 1.